The molecule has 0 radical (unpaired) electrons. The number of nitrogens with zero attached hydrogens (tertiary/aromatic N) is 1. The van der Waals surface area contributed by atoms with Crippen LogP contribution in [0, 0.1) is 17.3 Å². The fourth-order valence-electron chi connectivity index (χ4n) is 4.56. The maximum absolute atomic E-state index is 10.9. The fraction of sp³-hybridized carbons (Fsp3) is 1.00. The molecular weight excluding hydrogens is 214 g/mol. The lowest BCUT2D eigenvalue weighted by molar-refractivity contribution is -0.234. The van der Waals surface area contributed by atoms with E-state index in [0.29, 0.717) is 17.4 Å². The van der Waals surface area contributed by atoms with Crippen LogP contribution < -0.4 is 0 Å². The Morgan fingerprint density at radius 2 is 1.76 bits per heavy atom. The van der Waals surface area contributed by atoms with E-state index in [1.165, 1.54) is 6.42 Å². The predicted octanol–water partition coefficient (Wildman–Crippen LogP) is 1.50. The van der Waals surface area contributed by atoms with Crippen molar-refractivity contribution >= 4 is 0 Å². The number of hydrogen-bond acceptors (Lipinski definition) is 3. The molecule has 0 aromatic heterocycles. The Morgan fingerprint density at radius 3 is 2.29 bits per heavy atom. The normalized spacial score (nSPS) is 49.8. The van der Waals surface area contributed by atoms with Gasteiger partial charge in [-0.05, 0) is 37.0 Å². The highest BCUT2D eigenvalue weighted by Gasteiger charge is 2.63. The average Bonchev–Trinajstić information content (AvgIpc) is 2.28. The Labute approximate surface area is 104 Å². The molecule has 4 aliphatic rings. The Hall–Kier alpha value is -0.120. The Bertz CT molecular complexity index is 307. The van der Waals surface area contributed by atoms with Crippen LogP contribution in [0.4, 0.5) is 0 Å². The second-order valence-electron chi connectivity index (χ2n) is 6.93. The number of hydrogen-bond donors (Lipinski definition) is 1. The molecule has 1 heterocycles. The molecule has 0 amide bonds. The molecule has 4 fully saturated rings. The maximum atomic E-state index is 10.9. The van der Waals surface area contributed by atoms with Crippen LogP contribution in [-0.2, 0) is 4.74 Å². The monoisotopic (exact) mass is 239 g/mol. The highest BCUT2D eigenvalue weighted by molar-refractivity contribution is 5.14. The molecule has 1 saturated heterocycles. The molecule has 3 aliphatic carbocycles. The zero-order chi connectivity index (χ0) is 12.3. The van der Waals surface area contributed by atoms with Crippen LogP contribution >= 0.6 is 0 Å². The van der Waals surface area contributed by atoms with Gasteiger partial charge in [0.2, 0.25) is 0 Å². The van der Waals surface area contributed by atoms with Crippen LogP contribution in [0.25, 0.3) is 0 Å². The van der Waals surface area contributed by atoms with E-state index >= 15 is 0 Å². The predicted molar refractivity (Wildman–Crippen MR) is 66.8 cm³/mol. The molecule has 0 aromatic carbocycles. The summed E-state index contributed by atoms with van der Waals surface area (Å²) in [5.41, 5.74) is -0.179. The fourth-order valence-corrected chi connectivity index (χ4v) is 4.56. The zero-order valence-corrected chi connectivity index (χ0v) is 11.3. The second-order valence-corrected chi connectivity index (χ2v) is 6.93. The van der Waals surface area contributed by atoms with Gasteiger partial charge in [-0.15, -0.1) is 0 Å². The first-order valence-electron chi connectivity index (χ1n) is 6.98. The van der Waals surface area contributed by atoms with Gasteiger partial charge in [-0.1, -0.05) is 13.8 Å². The number of morpholine rings is 1. The molecule has 0 spiro atoms. The molecular formula is C14H25NO2. The van der Waals surface area contributed by atoms with Crippen molar-refractivity contribution in [1.82, 2.24) is 4.90 Å². The maximum Gasteiger partial charge on any atom is 0.0807 e. The van der Waals surface area contributed by atoms with E-state index in [2.05, 4.69) is 25.7 Å². The van der Waals surface area contributed by atoms with Gasteiger partial charge in [0.15, 0.2) is 0 Å². The summed E-state index contributed by atoms with van der Waals surface area (Å²) >= 11 is 0. The lowest BCUT2D eigenvalue weighted by atomic mass is 9.43. The minimum Gasteiger partial charge on any atom is -0.388 e. The van der Waals surface area contributed by atoms with Crippen LogP contribution in [0.1, 0.15) is 33.6 Å². The molecule has 0 unspecified atom stereocenters. The standard InChI is InChI=1S/C14H25NO2/c1-13(2)10-8-11(13)14(3,16)12(9-10)15-4-6-17-7-5-15/h10-12,16H,4-9H2,1-3H3/t10-,11-,12-,14-/m0/s1. The van der Waals surface area contributed by atoms with Gasteiger partial charge >= 0.3 is 0 Å². The van der Waals surface area contributed by atoms with E-state index in [4.69, 9.17) is 4.74 Å². The van der Waals surface area contributed by atoms with Gasteiger partial charge in [0.05, 0.1) is 18.8 Å². The summed E-state index contributed by atoms with van der Waals surface area (Å²) in [4.78, 5) is 2.46. The Balaban J connectivity index is 1.79. The third-order valence-corrected chi connectivity index (χ3v) is 5.84. The Kier molecular flexibility index (Phi) is 2.59. The third kappa shape index (κ3) is 1.59. The summed E-state index contributed by atoms with van der Waals surface area (Å²) in [5.74, 6) is 1.28. The lowest BCUT2D eigenvalue weighted by Gasteiger charge is -2.66. The minimum atomic E-state index is -0.518. The number of rotatable bonds is 1. The van der Waals surface area contributed by atoms with Gasteiger partial charge in [-0.2, -0.15) is 0 Å². The number of ether oxygens (including phenoxy) is 1. The van der Waals surface area contributed by atoms with Crippen molar-refractivity contribution in [3.63, 3.8) is 0 Å². The third-order valence-electron chi connectivity index (χ3n) is 5.84. The smallest absolute Gasteiger partial charge is 0.0807 e. The van der Waals surface area contributed by atoms with Crippen molar-refractivity contribution in [2.75, 3.05) is 26.3 Å². The van der Waals surface area contributed by atoms with Crippen molar-refractivity contribution in [3.8, 4) is 0 Å². The molecule has 0 aromatic rings. The van der Waals surface area contributed by atoms with Crippen molar-refractivity contribution in [2.24, 2.45) is 17.3 Å². The summed E-state index contributed by atoms with van der Waals surface area (Å²) < 4.78 is 5.41. The molecule has 3 heteroatoms. The number of aliphatic hydroxyl groups is 1. The van der Waals surface area contributed by atoms with E-state index in [9.17, 15) is 5.11 Å². The molecule has 1 aliphatic heterocycles. The first-order valence-corrected chi connectivity index (χ1v) is 6.98. The van der Waals surface area contributed by atoms with E-state index < -0.39 is 5.60 Å². The molecule has 3 saturated carbocycles. The van der Waals surface area contributed by atoms with E-state index in [1.54, 1.807) is 0 Å². The highest BCUT2D eigenvalue weighted by Crippen LogP contribution is 2.63. The van der Waals surface area contributed by atoms with Crippen molar-refractivity contribution in [1.29, 1.82) is 0 Å². The van der Waals surface area contributed by atoms with E-state index in [-0.39, 0.29) is 0 Å². The van der Waals surface area contributed by atoms with Crippen molar-refractivity contribution in [3.05, 3.63) is 0 Å². The van der Waals surface area contributed by atoms with Crippen molar-refractivity contribution in [2.45, 2.75) is 45.3 Å². The molecule has 3 nitrogen and oxygen atoms in total. The van der Waals surface area contributed by atoms with E-state index in [0.717, 1.165) is 38.6 Å². The highest BCUT2D eigenvalue weighted by atomic mass is 16.5. The minimum absolute atomic E-state index is 0.340. The van der Waals surface area contributed by atoms with Crippen LogP contribution in [-0.4, -0.2) is 48.0 Å². The summed E-state index contributed by atoms with van der Waals surface area (Å²) in [6.45, 7) is 10.3. The number of fused-ring (bicyclic) bond motifs is 2. The average molecular weight is 239 g/mol. The van der Waals surface area contributed by atoms with Crippen LogP contribution in [0.3, 0.4) is 0 Å². The van der Waals surface area contributed by atoms with Gasteiger partial charge < -0.3 is 9.84 Å². The summed E-state index contributed by atoms with van der Waals surface area (Å²) in [6, 6.07) is 0.350. The van der Waals surface area contributed by atoms with Gasteiger partial charge in [0.1, 0.15) is 0 Å². The zero-order valence-electron chi connectivity index (χ0n) is 11.3. The quantitative estimate of drug-likeness (QED) is 0.753. The van der Waals surface area contributed by atoms with Gasteiger partial charge in [0.25, 0.3) is 0 Å². The molecule has 4 rings (SSSR count). The van der Waals surface area contributed by atoms with Crippen LogP contribution in [0.2, 0.25) is 0 Å². The lowest BCUT2D eigenvalue weighted by Crippen LogP contribution is -2.70. The van der Waals surface area contributed by atoms with Crippen LogP contribution in [0.15, 0.2) is 0 Å². The van der Waals surface area contributed by atoms with Gasteiger partial charge in [-0.25, -0.2) is 0 Å². The molecule has 1 N–H and O–H groups in total. The molecule has 17 heavy (non-hydrogen) atoms. The first kappa shape index (κ1) is 11.9. The SMILES string of the molecule is CC1(C)[C@@H]2C[C@H](N3CCOCC3)[C@@](C)(O)[C@H]1C2. The topological polar surface area (TPSA) is 32.7 Å². The Morgan fingerprint density at radius 1 is 1.12 bits per heavy atom. The molecule has 2 bridgehead atoms. The largest absolute Gasteiger partial charge is 0.388 e. The summed E-state index contributed by atoms with van der Waals surface area (Å²) in [7, 11) is 0. The molecule has 98 valence electrons. The summed E-state index contributed by atoms with van der Waals surface area (Å²) in [6.07, 6.45) is 2.39. The van der Waals surface area contributed by atoms with E-state index in [1.807, 2.05) is 0 Å². The van der Waals surface area contributed by atoms with Gasteiger partial charge in [-0.3, -0.25) is 4.90 Å². The van der Waals surface area contributed by atoms with Crippen molar-refractivity contribution < 1.29 is 9.84 Å². The molecule has 4 atom stereocenters. The van der Waals surface area contributed by atoms with Gasteiger partial charge in [0, 0.05) is 19.1 Å². The first-order chi connectivity index (χ1) is 7.94. The van der Waals surface area contributed by atoms with Crippen LogP contribution in [0.5, 0.6) is 0 Å². The summed E-state index contributed by atoms with van der Waals surface area (Å²) in [5, 5.41) is 10.9. The second kappa shape index (κ2) is 3.69.